The van der Waals surface area contributed by atoms with Gasteiger partial charge in [-0.3, -0.25) is 9.59 Å². The van der Waals surface area contributed by atoms with Gasteiger partial charge >= 0.3 is 0 Å². The summed E-state index contributed by atoms with van der Waals surface area (Å²) in [6, 6.07) is 8.86. The van der Waals surface area contributed by atoms with Crippen molar-refractivity contribution in [3.63, 3.8) is 0 Å². The van der Waals surface area contributed by atoms with Crippen molar-refractivity contribution in [3.8, 4) is 0 Å². The van der Waals surface area contributed by atoms with Gasteiger partial charge in [0.15, 0.2) is 0 Å². The van der Waals surface area contributed by atoms with Gasteiger partial charge in [0.25, 0.3) is 5.91 Å². The summed E-state index contributed by atoms with van der Waals surface area (Å²) in [5, 5.41) is 3.03. The largest absolute Gasteiger partial charge is 0.369 e. The predicted molar refractivity (Wildman–Crippen MR) is 116 cm³/mol. The van der Waals surface area contributed by atoms with E-state index < -0.39 is 17.5 Å². The molecule has 2 N–H and O–H groups in total. The number of carbonyl (C=O) groups is 2. The van der Waals surface area contributed by atoms with E-state index in [2.05, 4.69) is 10.3 Å². The number of fused-ring (bicyclic) bond motifs is 1. The molecule has 4 rings (SSSR count). The summed E-state index contributed by atoms with van der Waals surface area (Å²) in [5.74, 6) is -1.39. The molecular formula is C23H24F2N4O2. The lowest BCUT2D eigenvalue weighted by atomic mass is 10.1. The van der Waals surface area contributed by atoms with Crippen molar-refractivity contribution in [2.24, 2.45) is 0 Å². The smallest absolute Gasteiger partial charge is 0.272 e. The number of likely N-dealkylation sites (N-methyl/N-ethyl adjacent to an activating group) is 1. The summed E-state index contributed by atoms with van der Waals surface area (Å²) < 4.78 is 28.3. The molecule has 1 fully saturated rings. The first-order valence-corrected chi connectivity index (χ1v) is 10.1. The van der Waals surface area contributed by atoms with Crippen molar-refractivity contribution in [1.29, 1.82) is 0 Å². The highest BCUT2D eigenvalue weighted by Crippen LogP contribution is 2.28. The molecule has 0 unspecified atom stereocenters. The zero-order chi connectivity index (χ0) is 22.3. The van der Waals surface area contributed by atoms with Crippen LogP contribution in [0.25, 0.3) is 10.9 Å². The third-order valence-corrected chi connectivity index (χ3v) is 5.91. The quantitative estimate of drug-likeness (QED) is 0.661. The highest BCUT2D eigenvalue weighted by atomic mass is 19.1. The van der Waals surface area contributed by atoms with Gasteiger partial charge in [0.2, 0.25) is 5.91 Å². The summed E-state index contributed by atoms with van der Waals surface area (Å²) >= 11 is 0. The Morgan fingerprint density at radius 3 is 2.68 bits per heavy atom. The molecule has 31 heavy (non-hydrogen) atoms. The number of halogens is 2. The van der Waals surface area contributed by atoms with Crippen molar-refractivity contribution < 1.29 is 18.4 Å². The number of carbonyl (C=O) groups excluding carboxylic acids is 2. The average Bonchev–Trinajstić information content (AvgIpc) is 3.38. The van der Waals surface area contributed by atoms with Crippen molar-refractivity contribution in [2.75, 3.05) is 30.4 Å². The zero-order valence-corrected chi connectivity index (χ0v) is 17.6. The molecule has 8 heteroatoms. The van der Waals surface area contributed by atoms with E-state index in [0.29, 0.717) is 35.4 Å². The number of aryl methyl sites for hydroxylation is 1. The van der Waals surface area contributed by atoms with Crippen LogP contribution in [-0.2, 0) is 4.79 Å². The van der Waals surface area contributed by atoms with E-state index in [1.807, 2.05) is 11.8 Å². The molecule has 0 radical (unpaired) electrons. The van der Waals surface area contributed by atoms with Gasteiger partial charge in [-0.05, 0) is 49.2 Å². The molecule has 0 spiro atoms. The van der Waals surface area contributed by atoms with Crippen LogP contribution in [0.1, 0.15) is 29.4 Å². The molecule has 162 valence electrons. The monoisotopic (exact) mass is 426 g/mol. The Labute approximate surface area is 178 Å². The summed E-state index contributed by atoms with van der Waals surface area (Å²) in [7, 11) is 1.76. The average molecular weight is 426 g/mol. The van der Waals surface area contributed by atoms with Gasteiger partial charge in [-0.2, -0.15) is 0 Å². The maximum Gasteiger partial charge on any atom is 0.272 e. The van der Waals surface area contributed by atoms with Gasteiger partial charge in [0, 0.05) is 43.8 Å². The Morgan fingerprint density at radius 1 is 1.19 bits per heavy atom. The van der Waals surface area contributed by atoms with E-state index in [4.69, 9.17) is 0 Å². The number of H-pyrrole nitrogens is 1. The zero-order valence-electron chi connectivity index (χ0n) is 17.6. The number of amides is 2. The van der Waals surface area contributed by atoms with Gasteiger partial charge in [-0.25, -0.2) is 8.78 Å². The molecule has 6 nitrogen and oxygen atoms in total. The molecule has 1 atom stereocenters. The number of hydrogen-bond donors (Lipinski definition) is 2. The minimum absolute atomic E-state index is 0.0101. The third kappa shape index (κ3) is 4.10. The predicted octanol–water partition coefficient (Wildman–Crippen LogP) is 4.06. The molecular weight excluding hydrogens is 402 g/mol. The van der Waals surface area contributed by atoms with Gasteiger partial charge < -0.3 is 20.1 Å². The van der Waals surface area contributed by atoms with Crippen LogP contribution in [-0.4, -0.2) is 47.9 Å². The Bertz CT molecular complexity index is 1130. The number of hydrogen-bond acceptors (Lipinski definition) is 3. The van der Waals surface area contributed by atoms with Gasteiger partial charge in [0.05, 0.1) is 11.6 Å². The Kier molecular flexibility index (Phi) is 5.39. The van der Waals surface area contributed by atoms with Crippen LogP contribution in [0, 0.1) is 18.6 Å². The summed E-state index contributed by atoms with van der Waals surface area (Å²) in [5.41, 5.74) is 2.51. The summed E-state index contributed by atoms with van der Waals surface area (Å²) in [6.07, 6.45) is 0.786. The number of aromatic amines is 1. The topological polar surface area (TPSA) is 68.4 Å². The van der Waals surface area contributed by atoms with Gasteiger partial charge in [0.1, 0.15) is 17.3 Å². The molecule has 1 aromatic heterocycles. The van der Waals surface area contributed by atoms with E-state index >= 15 is 0 Å². The van der Waals surface area contributed by atoms with Crippen LogP contribution in [0.3, 0.4) is 0 Å². The van der Waals surface area contributed by atoms with Crippen molar-refractivity contribution in [1.82, 2.24) is 9.88 Å². The van der Waals surface area contributed by atoms with Gasteiger partial charge in [-0.1, -0.05) is 6.07 Å². The SMILES string of the molecule is CC(=O)N(C)[C@@H]1CCN(c2cc(F)cc(NC(=O)c3cc4c(F)ccc(C)c4[nH]3)c2)C1. The second kappa shape index (κ2) is 8.02. The van der Waals surface area contributed by atoms with Crippen LogP contribution in [0.15, 0.2) is 36.4 Å². The van der Waals surface area contributed by atoms with Crippen molar-refractivity contribution in [3.05, 3.63) is 59.3 Å². The van der Waals surface area contributed by atoms with Gasteiger partial charge in [-0.15, -0.1) is 0 Å². The molecule has 3 aromatic rings. The van der Waals surface area contributed by atoms with Crippen molar-refractivity contribution >= 4 is 34.1 Å². The highest BCUT2D eigenvalue weighted by molar-refractivity contribution is 6.06. The van der Waals surface area contributed by atoms with Crippen molar-refractivity contribution in [2.45, 2.75) is 26.3 Å². The fourth-order valence-corrected chi connectivity index (χ4v) is 4.02. The van der Waals surface area contributed by atoms with E-state index in [1.54, 1.807) is 24.1 Å². The maximum absolute atomic E-state index is 14.3. The number of benzene rings is 2. The molecule has 0 saturated carbocycles. The van der Waals surface area contributed by atoms with E-state index in [1.165, 1.54) is 31.2 Å². The first kappa shape index (κ1) is 20.8. The molecule has 2 amide bonds. The first-order chi connectivity index (χ1) is 14.7. The molecule has 1 aliphatic heterocycles. The number of rotatable bonds is 4. The highest BCUT2D eigenvalue weighted by Gasteiger charge is 2.27. The molecule has 2 aromatic carbocycles. The number of nitrogens with one attached hydrogen (secondary N) is 2. The maximum atomic E-state index is 14.3. The number of nitrogens with zero attached hydrogens (tertiary/aromatic N) is 2. The van der Waals surface area contributed by atoms with E-state index in [0.717, 1.165) is 12.0 Å². The Morgan fingerprint density at radius 2 is 1.97 bits per heavy atom. The number of anilines is 2. The minimum Gasteiger partial charge on any atom is -0.369 e. The fraction of sp³-hybridized carbons (Fsp3) is 0.304. The lowest BCUT2D eigenvalue weighted by Gasteiger charge is -2.24. The normalized spacial score (nSPS) is 16.0. The molecule has 1 saturated heterocycles. The lowest BCUT2D eigenvalue weighted by Crippen LogP contribution is -2.37. The lowest BCUT2D eigenvalue weighted by molar-refractivity contribution is -0.129. The van der Waals surface area contributed by atoms with Crippen LogP contribution >= 0.6 is 0 Å². The van der Waals surface area contributed by atoms with E-state index in [-0.39, 0.29) is 17.6 Å². The summed E-state index contributed by atoms with van der Waals surface area (Å²) in [6.45, 7) is 4.62. The first-order valence-electron chi connectivity index (χ1n) is 10.1. The number of aromatic nitrogens is 1. The van der Waals surface area contributed by atoms with Crippen LogP contribution < -0.4 is 10.2 Å². The van der Waals surface area contributed by atoms with Crippen LogP contribution in [0.5, 0.6) is 0 Å². The third-order valence-electron chi connectivity index (χ3n) is 5.91. The summed E-state index contributed by atoms with van der Waals surface area (Å²) in [4.78, 5) is 31.0. The molecule has 1 aliphatic rings. The van der Waals surface area contributed by atoms with E-state index in [9.17, 15) is 18.4 Å². The molecule has 0 aliphatic carbocycles. The second-order valence-electron chi connectivity index (χ2n) is 8.01. The molecule has 2 heterocycles. The minimum atomic E-state index is -0.484. The standard InChI is InChI=1S/C23H24F2N4O2/c1-13-4-5-20(25)19-11-21(27-22(13)19)23(31)26-16-8-15(24)9-18(10-16)29-7-6-17(12-29)28(3)14(2)30/h4-5,8-11,17,27H,6-7,12H2,1-3H3,(H,26,31)/t17-/m1/s1. The second-order valence-corrected chi connectivity index (χ2v) is 8.01. The van der Waals surface area contributed by atoms with Crippen LogP contribution in [0.4, 0.5) is 20.2 Å². The molecule has 0 bridgehead atoms. The Hall–Kier alpha value is -3.42. The fourth-order valence-electron chi connectivity index (χ4n) is 4.02. The van der Waals surface area contributed by atoms with Crippen LogP contribution in [0.2, 0.25) is 0 Å². The Balaban J connectivity index is 1.54.